The first-order valence-electron chi connectivity index (χ1n) is 7.60. The van der Waals surface area contributed by atoms with Gasteiger partial charge in [-0.15, -0.1) is 0 Å². The molecular formula is C13H25N3O2S. The third-order valence-electron chi connectivity index (χ3n) is 5.09. The molecule has 2 heterocycles. The van der Waals surface area contributed by atoms with E-state index in [1.54, 1.807) is 8.61 Å². The van der Waals surface area contributed by atoms with Gasteiger partial charge in [0, 0.05) is 32.2 Å². The van der Waals surface area contributed by atoms with Gasteiger partial charge >= 0.3 is 0 Å². The van der Waals surface area contributed by atoms with Crippen LogP contribution in [0.2, 0.25) is 0 Å². The molecular weight excluding hydrogens is 262 g/mol. The van der Waals surface area contributed by atoms with Crippen LogP contribution in [-0.2, 0) is 10.2 Å². The van der Waals surface area contributed by atoms with Crippen LogP contribution >= 0.6 is 0 Å². The van der Waals surface area contributed by atoms with Crippen LogP contribution in [-0.4, -0.2) is 49.2 Å². The SMILES string of the molecule is NC1CCCC2CN(S(=O)(=O)N3CCCCC3)CC12. The van der Waals surface area contributed by atoms with Gasteiger partial charge in [0.1, 0.15) is 0 Å². The van der Waals surface area contributed by atoms with E-state index in [1.165, 1.54) is 0 Å². The van der Waals surface area contributed by atoms with Crippen LogP contribution in [0.25, 0.3) is 0 Å². The topological polar surface area (TPSA) is 66.6 Å². The summed E-state index contributed by atoms with van der Waals surface area (Å²) in [4.78, 5) is 0. The second kappa shape index (κ2) is 5.31. The van der Waals surface area contributed by atoms with Crippen LogP contribution in [0.4, 0.5) is 0 Å². The van der Waals surface area contributed by atoms with E-state index in [0.29, 0.717) is 38.0 Å². The van der Waals surface area contributed by atoms with E-state index in [0.717, 1.165) is 38.5 Å². The summed E-state index contributed by atoms with van der Waals surface area (Å²) in [5, 5.41) is 0. The number of hydrogen-bond acceptors (Lipinski definition) is 3. The lowest BCUT2D eigenvalue weighted by atomic mass is 9.78. The van der Waals surface area contributed by atoms with E-state index in [2.05, 4.69) is 0 Å². The maximum atomic E-state index is 12.6. The summed E-state index contributed by atoms with van der Waals surface area (Å²) in [5.41, 5.74) is 6.17. The predicted octanol–water partition coefficient (Wildman–Crippen LogP) is 0.776. The molecule has 2 N–H and O–H groups in total. The Hall–Kier alpha value is -0.170. The van der Waals surface area contributed by atoms with Crippen molar-refractivity contribution in [2.24, 2.45) is 17.6 Å². The average molecular weight is 287 g/mol. The van der Waals surface area contributed by atoms with Crippen LogP contribution in [0, 0.1) is 11.8 Å². The molecule has 0 aromatic heterocycles. The lowest BCUT2D eigenvalue weighted by Gasteiger charge is -2.30. The van der Waals surface area contributed by atoms with Crippen molar-refractivity contribution in [2.75, 3.05) is 26.2 Å². The Morgan fingerprint density at radius 2 is 1.63 bits per heavy atom. The summed E-state index contributed by atoms with van der Waals surface area (Å²) in [5.74, 6) is 0.872. The molecule has 2 saturated heterocycles. The van der Waals surface area contributed by atoms with E-state index in [1.807, 2.05) is 0 Å². The molecule has 0 amide bonds. The highest BCUT2D eigenvalue weighted by atomic mass is 32.2. The van der Waals surface area contributed by atoms with E-state index in [4.69, 9.17) is 5.73 Å². The van der Waals surface area contributed by atoms with Gasteiger partial charge in [-0.25, -0.2) is 0 Å². The zero-order valence-corrected chi connectivity index (χ0v) is 12.3. The molecule has 3 fully saturated rings. The maximum absolute atomic E-state index is 12.6. The van der Waals surface area contributed by atoms with Gasteiger partial charge in [-0.3, -0.25) is 0 Å². The van der Waals surface area contributed by atoms with E-state index in [-0.39, 0.29) is 6.04 Å². The fourth-order valence-electron chi connectivity index (χ4n) is 3.92. The summed E-state index contributed by atoms with van der Waals surface area (Å²) in [7, 11) is -3.23. The van der Waals surface area contributed by atoms with Crippen molar-refractivity contribution in [2.45, 2.75) is 44.6 Å². The Balaban J connectivity index is 1.72. The minimum absolute atomic E-state index is 0.195. The number of piperidine rings is 1. The molecule has 3 atom stereocenters. The number of nitrogens with zero attached hydrogens (tertiary/aromatic N) is 2. The molecule has 1 aliphatic carbocycles. The third kappa shape index (κ3) is 2.55. The number of hydrogen-bond donors (Lipinski definition) is 1. The van der Waals surface area contributed by atoms with Crippen LogP contribution < -0.4 is 5.73 Å². The quantitative estimate of drug-likeness (QED) is 0.816. The second-order valence-electron chi connectivity index (χ2n) is 6.30. The lowest BCUT2D eigenvalue weighted by Crippen LogP contribution is -2.45. The summed E-state index contributed by atoms with van der Waals surface area (Å²) in [6.45, 7) is 2.72. The zero-order chi connectivity index (χ0) is 13.5. The van der Waals surface area contributed by atoms with Crippen molar-refractivity contribution < 1.29 is 8.42 Å². The molecule has 1 saturated carbocycles. The van der Waals surface area contributed by atoms with Gasteiger partial charge in [-0.1, -0.05) is 12.8 Å². The molecule has 3 rings (SSSR count). The third-order valence-corrected chi connectivity index (χ3v) is 7.06. The van der Waals surface area contributed by atoms with E-state index in [9.17, 15) is 8.42 Å². The summed E-state index contributed by atoms with van der Waals surface area (Å²) < 4.78 is 28.7. The van der Waals surface area contributed by atoms with Crippen molar-refractivity contribution >= 4 is 10.2 Å². The van der Waals surface area contributed by atoms with Crippen LogP contribution in [0.15, 0.2) is 0 Å². The standard InChI is InChI=1S/C13H25N3O2S/c14-13-6-4-5-11-9-16(10-12(11)13)19(17,18)15-7-2-1-3-8-15/h11-13H,1-10,14H2. The highest BCUT2D eigenvalue weighted by molar-refractivity contribution is 7.86. The number of rotatable bonds is 2. The molecule has 0 aromatic rings. The highest BCUT2D eigenvalue weighted by Crippen LogP contribution is 2.37. The van der Waals surface area contributed by atoms with E-state index >= 15 is 0 Å². The Labute approximate surface area is 116 Å². The molecule has 3 aliphatic rings. The summed E-state index contributed by atoms with van der Waals surface area (Å²) in [6.07, 6.45) is 6.50. The normalized spacial score (nSPS) is 38.3. The van der Waals surface area contributed by atoms with Crippen LogP contribution in [0.1, 0.15) is 38.5 Å². The molecule has 110 valence electrons. The van der Waals surface area contributed by atoms with Gasteiger partial charge in [0.15, 0.2) is 0 Å². The lowest BCUT2D eigenvalue weighted by molar-refractivity contribution is 0.259. The molecule has 3 unspecified atom stereocenters. The Bertz CT molecular complexity index is 420. The molecule has 0 bridgehead atoms. The monoisotopic (exact) mass is 287 g/mol. The summed E-state index contributed by atoms with van der Waals surface area (Å²) in [6, 6.07) is 0.195. The molecule has 0 radical (unpaired) electrons. The molecule has 6 heteroatoms. The molecule has 5 nitrogen and oxygen atoms in total. The molecule has 19 heavy (non-hydrogen) atoms. The summed E-state index contributed by atoms with van der Waals surface area (Å²) >= 11 is 0. The predicted molar refractivity (Wildman–Crippen MR) is 74.7 cm³/mol. The minimum atomic E-state index is -3.23. The largest absolute Gasteiger partial charge is 0.327 e. The smallest absolute Gasteiger partial charge is 0.281 e. The van der Waals surface area contributed by atoms with Crippen molar-refractivity contribution in [3.63, 3.8) is 0 Å². The number of nitrogens with two attached hydrogens (primary N) is 1. The van der Waals surface area contributed by atoms with Gasteiger partial charge < -0.3 is 5.73 Å². The van der Waals surface area contributed by atoms with Gasteiger partial charge in [-0.05, 0) is 37.5 Å². The van der Waals surface area contributed by atoms with Crippen molar-refractivity contribution in [1.82, 2.24) is 8.61 Å². The van der Waals surface area contributed by atoms with Gasteiger partial charge in [0.05, 0.1) is 0 Å². The first-order chi connectivity index (χ1) is 9.09. The second-order valence-corrected chi connectivity index (χ2v) is 8.23. The molecule has 0 spiro atoms. The fourth-order valence-corrected chi connectivity index (χ4v) is 5.71. The Morgan fingerprint density at radius 1 is 0.895 bits per heavy atom. The molecule has 0 aromatic carbocycles. The Kier molecular flexibility index (Phi) is 3.86. The average Bonchev–Trinajstić information content (AvgIpc) is 2.86. The first kappa shape index (κ1) is 13.8. The minimum Gasteiger partial charge on any atom is -0.327 e. The maximum Gasteiger partial charge on any atom is 0.281 e. The van der Waals surface area contributed by atoms with Crippen molar-refractivity contribution in [1.29, 1.82) is 0 Å². The number of fused-ring (bicyclic) bond motifs is 1. The highest BCUT2D eigenvalue weighted by Gasteiger charge is 2.44. The van der Waals surface area contributed by atoms with Crippen molar-refractivity contribution in [3.8, 4) is 0 Å². The van der Waals surface area contributed by atoms with Crippen LogP contribution in [0.3, 0.4) is 0 Å². The van der Waals surface area contributed by atoms with E-state index < -0.39 is 10.2 Å². The van der Waals surface area contributed by atoms with Crippen molar-refractivity contribution in [3.05, 3.63) is 0 Å². The van der Waals surface area contributed by atoms with Gasteiger partial charge in [0.2, 0.25) is 0 Å². The van der Waals surface area contributed by atoms with Crippen LogP contribution in [0.5, 0.6) is 0 Å². The fraction of sp³-hybridized carbons (Fsp3) is 1.00. The Morgan fingerprint density at radius 3 is 2.32 bits per heavy atom. The molecule has 2 aliphatic heterocycles. The van der Waals surface area contributed by atoms with Gasteiger partial charge in [0.25, 0.3) is 10.2 Å². The zero-order valence-electron chi connectivity index (χ0n) is 11.5. The first-order valence-corrected chi connectivity index (χ1v) is 8.99. The van der Waals surface area contributed by atoms with Gasteiger partial charge in [-0.2, -0.15) is 17.0 Å².